The zero-order valence-corrected chi connectivity index (χ0v) is 11.4. The summed E-state index contributed by atoms with van der Waals surface area (Å²) in [6, 6.07) is 4.22. The highest BCUT2D eigenvalue weighted by molar-refractivity contribution is 9.11. The topological polar surface area (TPSA) is 30.5 Å². The highest BCUT2D eigenvalue weighted by atomic mass is 79.9. The van der Waals surface area contributed by atoms with Crippen molar-refractivity contribution in [3.05, 3.63) is 20.8 Å². The predicted molar refractivity (Wildman–Crippen MR) is 66.4 cm³/mol. The standard InChI is InChI=1S/C10H16BrNO2S/c1-13-10(14-2)7-12-6-5-8-3-4-9(11)15-8/h3-4,10,12H,5-7H2,1-2H3. The average Bonchev–Trinajstić information content (AvgIpc) is 2.65. The molecule has 1 aromatic rings. The number of ether oxygens (including phenoxy) is 2. The van der Waals surface area contributed by atoms with E-state index < -0.39 is 0 Å². The average molecular weight is 294 g/mol. The summed E-state index contributed by atoms with van der Waals surface area (Å²) in [5, 5.41) is 3.29. The number of nitrogens with one attached hydrogen (secondary N) is 1. The van der Waals surface area contributed by atoms with Crippen LogP contribution in [0.2, 0.25) is 0 Å². The molecule has 15 heavy (non-hydrogen) atoms. The van der Waals surface area contributed by atoms with Gasteiger partial charge in [0, 0.05) is 32.2 Å². The lowest BCUT2D eigenvalue weighted by Gasteiger charge is -2.13. The maximum atomic E-state index is 5.07. The lowest BCUT2D eigenvalue weighted by atomic mass is 10.3. The van der Waals surface area contributed by atoms with Crippen LogP contribution in [0.3, 0.4) is 0 Å². The molecule has 3 nitrogen and oxygen atoms in total. The summed E-state index contributed by atoms with van der Waals surface area (Å²) in [4.78, 5) is 1.38. The normalized spacial score (nSPS) is 11.2. The van der Waals surface area contributed by atoms with Gasteiger partial charge in [0.05, 0.1) is 3.79 Å². The van der Waals surface area contributed by atoms with E-state index in [-0.39, 0.29) is 6.29 Å². The summed E-state index contributed by atoms with van der Waals surface area (Å²) in [5.74, 6) is 0. The van der Waals surface area contributed by atoms with Crippen LogP contribution in [0, 0.1) is 0 Å². The van der Waals surface area contributed by atoms with Crippen molar-refractivity contribution in [2.75, 3.05) is 27.3 Å². The molecule has 0 amide bonds. The molecule has 1 heterocycles. The van der Waals surface area contributed by atoms with Crippen LogP contribution in [0.4, 0.5) is 0 Å². The number of thiophene rings is 1. The van der Waals surface area contributed by atoms with Crippen molar-refractivity contribution in [1.29, 1.82) is 0 Å². The molecule has 5 heteroatoms. The van der Waals surface area contributed by atoms with Crippen LogP contribution in [0.1, 0.15) is 4.88 Å². The summed E-state index contributed by atoms with van der Waals surface area (Å²) in [7, 11) is 3.29. The molecule has 0 radical (unpaired) electrons. The second-order valence-electron chi connectivity index (χ2n) is 3.06. The molecule has 0 aliphatic carbocycles. The van der Waals surface area contributed by atoms with E-state index in [0.717, 1.165) is 19.5 Å². The third-order valence-electron chi connectivity index (χ3n) is 2.01. The molecule has 0 aromatic carbocycles. The van der Waals surface area contributed by atoms with Gasteiger partial charge >= 0.3 is 0 Å². The Labute approximate surface area is 103 Å². The largest absolute Gasteiger partial charge is 0.355 e. The minimum atomic E-state index is -0.153. The molecular formula is C10H16BrNO2S. The minimum absolute atomic E-state index is 0.153. The number of rotatable bonds is 7. The van der Waals surface area contributed by atoms with Gasteiger partial charge in [-0.05, 0) is 34.5 Å². The predicted octanol–water partition coefficient (Wildman–Crippen LogP) is 2.26. The number of hydrogen-bond donors (Lipinski definition) is 1. The van der Waals surface area contributed by atoms with Crippen LogP contribution in [-0.4, -0.2) is 33.6 Å². The Kier molecular flexibility index (Phi) is 6.43. The fraction of sp³-hybridized carbons (Fsp3) is 0.600. The van der Waals surface area contributed by atoms with Crippen molar-refractivity contribution in [3.63, 3.8) is 0 Å². The lowest BCUT2D eigenvalue weighted by Crippen LogP contribution is -2.30. The van der Waals surface area contributed by atoms with Gasteiger partial charge in [0.15, 0.2) is 6.29 Å². The van der Waals surface area contributed by atoms with Crippen LogP contribution < -0.4 is 5.32 Å². The summed E-state index contributed by atoms with van der Waals surface area (Å²) in [6.45, 7) is 1.66. The first kappa shape index (κ1) is 13.1. The van der Waals surface area contributed by atoms with Crippen LogP contribution in [0.15, 0.2) is 15.9 Å². The van der Waals surface area contributed by atoms with Crippen molar-refractivity contribution in [1.82, 2.24) is 5.32 Å². The van der Waals surface area contributed by atoms with Crippen molar-refractivity contribution in [3.8, 4) is 0 Å². The van der Waals surface area contributed by atoms with E-state index in [4.69, 9.17) is 9.47 Å². The summed E-state index contributed by atoms with van der Waals surface area (Å²) in [5.41, 5.74) is 0. The highest BCUT2D eigenvalue weighted by Gasteiger charge is 2.03. The van der Waals surface area contributed by atoms with Crippen molar-refractivity contribution < 1.29 is 9.47 Å². The SMILES string of the molecule is COC(CNCCc1ccc(Br)s1)OC. The molecule has 0 unspecified atom stereocenters. The summed E-state index contributed by atoms with van der Waals surface area (Å²) >= 11 is 5.22. The van der Waals surface area contributed by atoms with Gasteiger partial charge in [-0.15, -0.1) is 11.3 Å². The Morgan fingerprint density at radius 3 is 2.67 bits per heavy atom. The second-order valence-corrected chi connectivity index (χ2v) is 5.61. The number of methoxy groups -OCH3 is 2. The first-order valence-electron chi connectivity index (χ1n) is 4.76. The van der Waals surface area contributed by atoms with Gasteiger partial charge < -0.3 is 14.8 Å². The fourth-order valence-electron chi connectivity index (χ4n) is 1.18. The Morgan fingerprint density at radius 2 is 2.13 bits per heavy atom. The van der Waals surface area contributed by atoms with Crippen molar-refractivity contribution in [2.24, 2.45) is 0 Å². The van der Waals surface area contributed by atoms with Gasteiger partial charge in [-0.2, -0.15) is 0 Å². The zero-order chi connectivity index (χ0) is 11.1. The van der Waals surface area contributed by atoms with E-state index in [2.05, 4.69) is 33.4 Å². The Morgan fingerprint density at radius 1 is 1.40 bits per heavy atom. The molecule has 0 atom stereocenters. The highest BCUT2D eigenvalue weighted by Crippen LogP contribution is 2.21. The Balaban J connectivity index is 2.11. The molecule has 0 saturated heterocycles. The first-order valence-corrected chi connectivity index (χ1v) is 6.37. The second kappa shape index (κ2) is 7.35. The molecule has 0 aliphatic rings. The monoisotopic (exact) mass is 293 g/mol. The molecule has 0 fully saturated rings. The molecule has 86 valence electrons. The quantitative estimate of drug-likeness (QED) is 0.618. The van der Waals surface area contributed by atoms with Crippen molar-refractivity contribution in [2.45, 2.75) is 12.7 Å². The van der Waals surface area contributed by atoms with E-state index in [9.17, 15) is 0 Å². The van der Waals surface area contributed by atoms with E-state index >= 15 is 0 Å². The van der Waals surface area contributed by atoms with Crippen LogP contribution in [0.25, 0.3) is 0 Å². The maximum absolute atomic E-state index is 5.07. The first-order chi connectivity index (χ1) is 7.26. The molecule has 1 rings (SSSR count). The third-order valence-corrected chi connectivity index (χ3v) is 3.70. The van der Waals surface area contributed by atoms with Crippen LogP contribution in [0.5, 0.6) is 0 Å². The Hall–Kier alpha value is 0.0600. The van der Waals surface area contributed by atoms with Crippen LogP contribution >= 0.6 is 27.3 Å². The molecule has 0 saturated carbocycles. The molecule has 0 bridgehead atoms. The van der Waals surface area contributed by atoms with E-state index in [1.807, 2.05) is 0 Å². The third kappa shape index (κ3) is 5.08. The van der Waals surface area contributed by atoms with Gasteiger partial charge in [-0.25, -0.2) is 0 Å². The molecular weight excluding hydrogens is 278 g/mol. The smallest absolute Gasteiger partial charge is 0.169 e. The maximum Gasteiger partial charge on any atom is 0.169 e. The molecule has 0 spiro atoms. The Bertz CT molecular complexity index is 276. The van der Waals surface area contributed by atoms with E-state index in [0.29, 0.717) is 0 Å². The number of hydrogen-bond acceptors (Lipinski definition) is 4. The van der Waals surface area contributed by atoms with Gasteiger partial charge in [0.1, 0.15) is 0 Å². The summed E-state index contributed by atoms with van der Waals surface area (Å²) < 4.78 is 11.3. The van der Waals surface area contributed by atoms with Gasteiger partial charge in [-0.1, -0.05) is 0 Å². The van der Waals surface area contributed by atoms with Gasteiger partial charge in [0.2, 0.25) is 0 Å². The molecule has 1 N–H and O–H groups in total. The zero-order valence-electron chi connectivity index (χ0n) is 8.96. The van der Waals surface area contributed by atoms with Crippen molar-refractivity contribution >= 4 is 27.3 Å². The van der Waals surface area contributed by atoms with E-state index in [1.165, 1.54) is 8.66 Å². The lowest BCUT2D eigenvalue weighted by molar-refractivity contribution is -0.0985. The minimum Gasteiger partial charge on any atom is -0.355 e. The van der Waals surface area contributed by atoms with Gasteiger partial charge in [0.25, 0.3) is 0 Å². The molecule has 0 aliphatic heterocycles. The van der Waals surface area contributed by atoms with E-state index in [1.54, 1.807) is 25.6 Å². The van der Waals surface area contributed by atoms with Crippen LogP contribution in [-0.2, 0) is 15.9 Å². The summed E-state index contributed by atoms with van der Waals surface area (Å²) in [6.07, 6.45) is 0.885. The number of halogens is 1. The van der Waals surface area contributed by atoms with Gasteiger partial charge in [-0.3, -0.25) is 0 Å². The molecule has 1 aromatic heterocycles. The fourth-order valence-corrected chi connectivity index (χ4v) is 2.66.